The molecule has 0 aromatic carbocycles. The summed E-state index contributed by atoms with van der Waals surface area (Å²) in [5.74, 6) is -0.444. The highest BCUT2D eigenvalue weighted by Gasteiger charge is 2.04. The Hall–Kier alpha value is -1.62. The molecule has 15 heavy (non-hydrogen) atoms. The van der Waals surface area contributed by atoms with Gasteiger partial charge in [-0.1, -0.05) is 6.07 Å². The van der Waals surface area contributed by atoms with Crippen LogP contribution in [0, 0.1) is 0 Å². The minimum atomic E-state index is -0.444. The van der Waals surface area contributed by atoms with E-state index in [0.29, 0.717) is 6.61 Å². The molecule has 0 atom stereocenters. The molecule has 5 heteroatoms. The second-order valence-electron chi connectivity index (χ2n) is 2.88. The van der Waals surface area contributed by atoms with Gasteiger partial charge in [0, 0.05) is 19.4 Å². The van der Waals surface area contributed by atoms with Crippen LogP contribution in [-0.2, 0) is 20.8 Å². The van der Waals surface area contributed by atoms with Crippen molar-refractivity contribution in [3.8, 4) is 0 Å². The smallest absolute Gasteiger partial charge is 0.326 e. The highest BCUT2D eigenvalue weighted by atomic mass is 16.6. The summed E-state index contributed by atoms with van der Waals surface area (Å²) in [6, 6.07) is 4.70. The largest absolute Gasteiger partial charge is 0.462 e. The Kier molecular flexibility index (Phi) is 4.56. The SMILES string of the molecule is COCCOC(=O)Cn1ccccc1=O. The van der Waals surface area contributed by atoms with Crippen LogP contribution in [-0.4, -0.2) is 30.9 Å². The van der Waals surface area contributed by atoms with Gasteiger partial charge >= 0.3 is 5.97 Å². The highest BCUT2D eigenvalue weighted by Crippen LogP contribution is 1.86. The van der Waals surface area contributed by atoms with E-state index in [4.69, 9.17) is 9.47 Å². The van der Waals surface area contributed by atoms with Crippen LogP contribution >= 0.6 is 0 Å². The molecular formula is C10H13NO4. The Bertz CT molecular complexity index is 372. The Morgan fingerprint density at radius 3 is 2.87 bits per heavy atom. The average Bonchev–Trinajstić information content (AvgIpc) is 2.22. The van der Waals surface area contributed by atoms with Gasteiger partial charge < -0.3 is 14.0 Å². The summed E-state index contributed by atoms with van der Waals surface area (Å²) < 4.78 is 10.8. The third kappa shape index (κ3) is 3.95. The molecule has 1 heterocycles. The lowest BCUT2D eigenvalue weighted by atomic mass is 10.4. The van der Waals surface area contributed by atoms with Gasteiger partial charge in [0.15, 0.2) is 0 Å². The summed E-state index contributed by atoms with van der Waals surface area (Å²) in [5.41, 5.74) is -0.221. The molecule has 0 saturated carbocycles. The van der Waals surface area contributed by atoms with E-state index in [2.05, 4.69) is 0 Å². The first-order valence-corrected chi connectivity index (χ1v) is 4.54. The maximum Gasteiger partial charge on any atom is 0.326 e. The quantitative estimate of drug-likeness (QED) is 0.509. The summed E-state index contributed by atoms with van der Waals surface area (Å²) in [6.07, 6.45) is 1.54. The first kappa shape index (κ1) is 11.5. The molecular weight excluding hydrogens is 198 g/mol. The zero-order valence-corrected chi connectivity index (χ0v) is 8.51. The first-order chi connectivity index (χ1) is 7.24. The molecule has 1 aromatic rings. The Balaban J connectivity index is 2.45. The third-order valence-corrected chi connectivity index (χ3v) is 1.75. The molecule has 0 saturated heterocycles. The second-order valence-corrected chi connectivity index (χ2v) is 2.88. The third-order valence-electron chi connectivity index (χ3n) is 1.75. The van der Waals surface area contributed by atoms with Crippen LogP contribution < -0.4 is 5.56 Å². The highest BCUT2D eigenvalue weighted by molar-refractivity contribution is 5.69. The van der Waals surface area contributed by atoms with Crippen LogP contribution in [0.25, 0.3) is 0 Å². The Morgan fingerprint density at radius 2 is 2.20 bits per heavy atom. The van der Waals surface area contributed by atoms with E-state index < -0.39 is 5.97 Å². The van der Waals surface area contributed by atoms with E-state index in [9.17, 15) is 9.59 Å². The van der Waals surface area contributed by atoms with E-state index in [-0.39, 0.29) is 18.7 Å². The predicted octanol–water partition coefficient (Wildman–Crippen LogP) is 0.0379. The first-order valence-electron chi connectivity index (χ1n) is 4.54. The Morgan fingerprint density at radius 1 is 1.40 bits per heavy atom. The van der Waals surface area contributed by atoms with Gasteiger partial charge in [0.1, 0.15) is 13.2 Å². The van der Waals surface area contributed by atoms with E-state index in [1.807, 2.05) is 0 Å². The van der Waals surface area contributed by atoms with E-state index in [1.54, 1.807) is 18.3 Å². The van der Waals surface area contributed by atoms with Crippen LogP contribution in [0.3, 0.4) is 0 Å². The molecule has 5 nitrogen and oxygen atoms in total. The summed E-state index contributed by atoms with van der Waals surface area (Å²) in [7, 11) is 1.52. The maximum absolute atomic E-state index is 11.2. The molecule has 0 fully saturated rings. The number of methoxy groups -OCH3 is 1. The van der Waals surface area contributed by atoms with Crippen molar-refractivity contribution in [2.75, 3.05) is 20.3 Å². The van der Waals surface area contributed by atoms with Crippen LogP contribution in [0.2, 0.25) is 0 Å². The lowest BCUT2D eigenvalue weighted by Crippen LogP contribution is -2.24. The predicted molar refractivity (Wildman–Crippen MR) is 53.5 cm³/mol. The molecule has 0 amide bonds. The van der Waals surface area contributed by atoms with E-state index in [1.165, 1.54) is 17.7 Å². The van der Waals surface area contributed by atoms with Crippen molar-refractivity contribution in [2.24, 2.45) is 0 Å². The number of aromatic nitrogens is 1. The van der Waals surface area contributed by atoms with Gasteiger partial charge in [-0.3, -0.25) is 9.59 Å². The van der Waals surface area contributed by atoms with Crippen molar-refractivity contribution < 1.29 is 14.3 Å². The maximum atomic E-state index is 11.2. The lowest BCUT2D eigenvalue weighted by molar-refractivity contribution is -0.145. The normalized spacial score (nSPS) is 9.93. The molecule has 0 radical (unpaired) electrons. The molecule has 0 spiro atoms. The molecule has 0 aliphatic heterocycles. The molecule has 0 aliphatic carbocycles. The van der Waals surface area contributed by atoms with Crippen LogP contribution in [0.5, 0.6) is 0 Å². The number of hydrogen-bond donors (Lipinski definition) is 0. The number of rotatable bonds is 5. The Labute approximate surface area is 87.2 Å². The number of ether oxygens (including phenoxy) is 2. The van der Waals surface area contributed by atoms with Crippen molar-refractivity contribution in [3.63, 3.8) is 0 Å². The van der Waals surface area contributed by atoms with Crippen molar-refractivity contribution >= 4 is 5.97 Å². The van der Waals surface area contributed by atoms with Gasteiger partial charge in [0.05, 0.1) is 6.61 Å². The van der Waals surface area contributed by atoms with Crippen molar-refractivity contribution in [3.05, 3.63) is 34.7 Å². The van der Waals surface area contributed by atoms with Crippen LogP contribution in [0.4, 0.5) is 0 Å². The number of pyridine rings is 1. The monoisotopic (exact) mass is 211 g/mol. The topological polar surface area (TPSA) is 57.5 Å². The van der Waals surface area contributed by atoms with Crippen LogP contribution in [0.15, 0.2) is 29.2 Å². The number of esters is 1. The molecule has 1 aromatic heterocycles. The van der Waals surface area contributed by atoms with Crippen molar-refractivity contribution in [2.45, 2.75) is 6.54 Å². The zero-order chi connectivity index (χ0) is 11.1. The number of hydrogen-bond acceptors (Lipinski definition) is 4. The number of carbonyl (C=O) groups is 1. The molecule has 0 N–H and O–H groups in total. The minimum absolute atomic E-state index is 0.0661. The fourth-order valence-electron chi connectivity index (χ4n) is 1.01. The molecule has 1 rings (SSSR count). The number of carbonyl (C=O) groups excluding carboxylic acids is 1. The summed E-state index contributed by atoms with van der Waals surface area (Å²) in [6.45, 7) is 0.496. The van der Waals surface area contributed by atoms with Gasteiger partial charge in [-0.15, -0.1) is 0 Å². The summed E-state index contributed by atoms with van der Waals surface area (Å²) >= 11 is 0. The van der Waals surface area contributed by atoms with Gasteiger partial charge in [-0.2, -0.15) is 0 Å². The van der Waals surface area contributed by atoms with Crippen molar-refractivity contribution in [1.29, 1.82) is 0 Å². The molecule has 0 unspecified atom stereocenters. The molecule has 0 aliphatic rings. The van der Waals surface area contributed by atoms with Crippen LogP contribution in [0.1, 0.15) is 0 Å². The standard InChI is InChI=1S/C10H13NO4/c1-14-6-7-15-10(13)8-11-5-3-2-4-9(11)12/h2-5H,6-8H2,1H3. The second kappa shape index (κ2) is 5.98. The minimum Gasteiger partial charge on any atom is -0.462 e. The molecule has 0 bridgehead atoms. The van der Waals surface area contributed by atoms with Gasteiger partial charge in [-0.05, 0) is 6.07 Å². The lowest BCUT2D eigenvalue weighted by Gasteiger charge is -2.05. The fraction of sp³-hybridized carbons (Fsp3) is 0.400. The zero-order valence-electron chi connectivity index (χ0n) is 8.51. The summed E-state index contributed by atoms with van der Waals surface area (Å²) in [5, 5.41) is 0. The number of nitrogens with zero attached hydrogens (tertiary/aromatic N) is 1. The van der Waals surface area contributed by atoms with E-state index >= 15 is 0 Å². The van der Waals surface area contributed by atoms with Gasteiger partial charge in [0.2, 0.25) is 0 Å². The van der Waals surface area contributed by atoms with E-state index in [0.717, 1.165) is 0 Å². The van der Waals surface area contributed by atoms with Crippen molar-refractivity contribution in [1.82, 2.24) is 4.57 Å². The molecule has 82 valence electrons. The average molecular weight is 211 g/mol. The fourth-order valence-corrected chi connectivity index (χ4v) is 1.01. The van der Waals surface area contributed by atoms with Gasteiger partial charge in [0.25, 0.3) is 5.56 Å². The summed E-state index contributed by atoms with van der Waals surface area (Å²) in [4.78, 5) is 22.4. The van der Waals surface area contributed by atoms with Gasteiger partial charge in [-0.25, -0.2) is 0 Å².